The van der Waals surface area contributed by atoms with Gasteiger partial charge in [0.1, 0.15) is 0 Å². The van der Waals surface area contributed by atoms with E-state index in [9.17, 15) is 9.59 Å². The van der Waals surface area contributed by atoms with Crippen molar-refractivity contribution in [3.8, 4) is 11.4 Å². The van der Waals surface area contributed by atoms with E-state index in [0.29, 0.717) is 33.0 Å². The van der Waals surface area contributed by atoms with E-state index in [1.807, 2.05) is 36.4 Å². The molecule has 1 heterocycles. The van der Waals surface area contributed by atoms with Crippen LogP contribution in [0.1, 0.15) is 10.4 Å². The van der Waals surface area contributed by atoms with Gasteiger partial charge in [0.05, 0.1) is 10.9 Å². The SMILES string of the molecule is CNC(=S)Nc1ccc(C(=O)Nn2c(-c3ccccc3)nc3ccccc3c2=O)cc1. The molecule has 0 aliphatic carbocycles. The van der Waals surface area contributed by atoms with Crippen molar-refractivity contribution in [2.45, 2.75) is 0 Å². The maximum atomic E-state index is 13.2. The number of benzene rings is 3. The van der Waals surface area contributed by atoms with Gasteiger partial charge in [-0.2, -0.15) is 4.68 Å². The van der Waals surface area contributed by atoms with E-state index in [4.69, 9.17) is 12.2 Å². The minimum atomic E-state index is -0.431. The molecule has 3 N–H and O–H groups in total. The van der Waals surface area contributed by atoms with Gasteiger partial charge in [0.25, 0.3) is 11.5 Å². The lowest BCUT2D eigenvalue weighted by molar-refractivity contribution is 0.101. The van der Waals surface area contributed by atoms with Crippen LogP contribution in [-0.2, 0) is 0 Å². The summed E-state index contributed by atoms with van der Waals surface area (Å²) in [5.41, 5.74) is 4.76. The molecule has 0 bridgehead atoms. The van der Waals surface area contributed by atoms with Crippen LogP contribution in [0.4, 0.5) is 5.69 Å². The molecule has 31 heavy (non-hydrogen) atoms. The predicted octanol–water partition coefficient (Wildman–Crippen LogP) is 3.36. The number of thiocarbonyl (C=S) groups is 1. The lowest BCUT2D eigenvalue weighted by atomic mass is 10.2. The number of para-hydroxylation sites is 1. The highest BCUT2D eigenvalue weighted by Crippen LogP contribution is 2.18. The standard InChI is InChI=1S/C23H19N5O2S/c1-24-23(31)25-17-13-11-16(12-14-17)21(29)27-28-20(15-7-3-2-4-8-15)26-19-10-6-5-9-18(19)22(28)30/h2-14H,1H3,(H,27,29)(H2,24,25,31). The Balaban J connectivity index is 1.72. The molecule has 0 saturated heterocycles. The van der Waals surface area contributed by atoms with Gasteiger partial charge >= 0.3 is 0 Å². The first-order valence-corrected chi connectivity index (χ1v) is 9.95. The Bertz CT molecular complexity index is 1320. The molecule has 4 rings (SSSR count). The summed E-state index contributed by atoms with van der Waals surface area (Å²) in [7, 11) is 1.72. The largest absolute Gasteiger partial charge is 0.366 e. The fourth-order valence-corrected chi connectivity index (χ4v) is 3.20. The number of nitrogens with one attached hydrogen (secondary N) is 3. The van der Waals surface area contributed by atoms with E-state index >= 15 is 0 Å². The van der Waals surface area contributed by atoms with E-state index in [-0.39, 0.29) is 5.56 Å². The number of aromatic nitrogens is 2. The summed E-state index contributed by atoms with van der Waals surface area (Å²) in [6.45, 7) is 0. The van der Waals surface area contributed by atoms with Crippen LogP contribution in [0.3, 0.4) is 0 Å². The molecule has 4 aromatic rings. The third-order valence-corrected chi connectivity index (χ3v) is 4.96. The Morgan fingerprint density at radius 1 is 0.935 bits per heavy atom. The van der Waals surface area contributed by atoms with E-state index in [2.05, 4.69) is 21.0 Å². The van der Waals surface area contributed by atoms with Crippen LogP contribution in [0.25, 0.3) is 22.3 Å². The normalized spacial score (nSPS) is 10.5. The smallest absolute Gasteiger partial charge is 0.280 e. The summed E-state index contributed by atoms with van der Waals surface area (Å²) in [5, 5.41) is 6.70. The summed E-state index contributed by atoms with van der Waals surface area (Å²) in [6, 6.07) is 23.1. The van der Waals surface area contributed by atoms with Crippen LogP contribution < -0.4 is 21.6 Å². The van der Waals surface area contributed by atoms with Crippen molar-refractivity contribution in [2.24, 2.45) is 0 Å². The van der Waals surface area contributed by atoms with Crippen molar-refractivity contribution >= 4 is 39.8 Å². The molecule has 1 aromatic heterocycles. The van der Waals surface area contributed by atoms with Gasteiger partial charge in [-0.3, -0.25) is 15.0 Å². The number of fused-ring (bicyclic) bond motifs is 1. The molecule has 7 nitrogen and oxygen atoms in total. The average molecular weight is 430 g/mol. The fraction of sp³-hybridized carbons (Fsp3) is 0.0435. The van der Waals surface area contributed by atoms with Crippen molar-refractivity contribution in [2.75, 3.05) is 17.8 Å². The second kappa shape index (κ2) is 8.76. The van der Waals surface area contributed by atoms with Crippen molar-refractivity contribution < 1.29 is 4.79 Å². The molecular weight excluding hydrogens is 410 g/mol. The first kappa shape index (κ1) is 20.2. The second-order valence-electron chi connectivity index (χ2n) is 6.68. The van der Waals surface area contributed by atoms with Gasteiger partial charge in [0.2, 0.25) is 0 Å². The van der Waals surface area contributed by atoms with E-state index < -0.39 is 5.91 Å². The summed E-state index contributed by atoms with van der Waals surface area (Å²) >= 11 is 5.08. The van der Waals surface area contributed by atoms with Crippen LogP contribution in [0, 0.1) is 0 Å². The number of rotatable bonds is 4. The third kappa shape index (κ3) is 4.29. The lowest BCUT2D eigenvalue weighted by Crippen LogP contribution is -2.35. The topological polar surface area (TPSA) is 88.0 Å². The number of anilines is 1. The Hall–Kier alpha value is -4.04. The molecule has 3 aromatic carbocycles. The molecule has 8 heteroatoms. The number of carbonyl (C=O) groups is 1. The average Bonchev–Trinajstić information content (AvgIpc) is 2.81. The lowest BCUT2D eigenvalue weighted by Gasteiger charge is -2.15. The zero-order valence-electron chi connectivity index (χ0n) is 16.6. The fourth-order valence-electron chi connectivity index (χ4n) is 3.08. The molecule has 0 fully saturated rings. The van der Waals surface area contributed by atoms with Crippen molar-refractivity contribution in [3.63, 3.8) is 0 Å². The first-order chi connectivity index (χ1) is 15.1. The van der Waals surface area contributed by atoms with Gasteiger partial charge in [-0.1, -0.05) is 42.5 Å². The molecule has 0 atom stereocenters. The maximum Gasteiger partial charge on any atom is 0.280 e. The van der Waals surface area contributed by atoms with Crippen molar-refractivity contribution in [1.82, 2.24) is 15.0 Å². The Morgan fingerprint density at radius 3 is 2.32 bits per heavy atom. The molecule has 0 spiro atoms. The van der Waals surface area contributed by atoms with Crippen LogP contribution in [0.5, 0.6) is 0 Å². The van der Waals surface area contributed by atoms with Crippen LogP contribution in [0.2, 0.25) is 0 Å². The molecule has 0 radical (unpaired) electrons. The van der Waals surface area contributed by atoms with Gasteiger partial charge in [-0.25, -0.2) is 4.98 Å². The predicted molar refractivity (Wildman–Crippen MR) is 127 cm³/mol. The number of carbonyl (C=O) groups excluding carboxylic acids is 1. The van der Waals surface area contributed by atoms with Gasteiger partial charge in [-0.15, -0.1) is 0 Å². The van der Waals surface area contributed by atoms with Gasteiger partial charge < -0.3 is 10.6 Å². The number of nitrogens with zero attached hydrogens (tertiary/aromatic N) is 2. The number of amides is 1. The molecule has 154 valence electrons. The summed E-state index contributed by atoms with van der Waals surface area (Å²) < 4.78 is 1.20. The minimum Gasteiger partial charge on any atom is -0.366 e. The Labute approximate surface area is 183 Å². The quantitative estimate of drug-likeness (QED) is 0.431. The van der Waals surface area contributed by atoms with Crippen LogP contribution in [0.15, 0.2) is 83.7 Å². The van der Waals surface area contributed by atoms with Crippen molar-refractivity contribution in [3.05, 3.63) is 94.8 Å². The summed E-state index contributed by atoms with van der Waals surface area (Å²) in [5.74, 6) is -0.0746. The minimum absolute atomic E-state index is 0.351. The Kier molecular flexibility index (Phi) is 5.72. The van der Waals surface area contributed by atoms with Crippen LogP contribution >= 0.6 is 12.2 Å². The van der Waals surface area contributed by atoms with E-state index in [1.165, 1.54) is 4.68 Å². The molecule has 1 amide bonds. The van der Waals surface area contributed by atoms with Gasteiger partial charge in [-0.05, 0) is 48.6 Å². The molecule has 0 aliphatic heterocycles. The zero-order valence-corrected chi connectivity index (χ0v) is 17.4. The van der Waals surface area contributed by atoms with E-state index in [1.54, 1.807) is 49.5 Å². The highest BCUT2D eigenvalue weighted by atomic mass is 32.1. The highest BCUT2D eigenvalue weighted by molar-refractivity contribution is 7.80. The summed E-state index contributed by atoms with van der Waals surface area (Å²) in [6.07, 6.45) is 0. The molecular formula is C23H19N5O2S. The van der Waals surface area contributed by atoms with Gasteiger partial charge in [0, 0.05) is 23.9 Å². The Morgan fingerprint density at radius 2 is 1.61 bits per heavy atom. The zero-order chi connectivity index (χ0) is 21.8. The second-order valence-corrected chi connectivity index (χ2v) is 7.09. The number of hydrogen-bond acceptors (Lipinski definition) is 4. The van der Waals surface area contributed by atoms with Crippen LogP contribution in [-0.4, -0.2) is 27.7 Å². The molecule has 0 saturated carbocycles. The first-order valence-electron chi connectivity index (χ1n) is 9.54. The summed E-state index contributed by atoms with van der Waals surface area (Å²) in [4.78, 5) is 30.7. The number of hydrogen-bond donors (Lipinski definition) is 3. The van der Waals surface area contributed by atoms with E-state index in [0.717, 1.165) is 5.69 Å². The monoisotopic (exact) mass is 429 g/mol. The maximum absolute atomic E-state index is 13.2. The molecule has 0 unspecified atom stereocenters. The molecule has 0 aliphatic rings. The highest BCUT2D eigenvalue weighted by Gasteiger charge is 2.15. The third-order valence-electron chi connectivity index (χ3n) is 4.65. The van der Waals surface area contributed by atoms with Gasteiger partial charge in [0.15, 0.2) is 10.9 Å². The van der Waals surface area contributed by atoms with Crippen molar-refractivity contribution in [1.29, 1.82) is 0 Å².